The first-order valence-corrected chi connectivity index (χ1v) is 5.89. The molecule has 0 spiro atoms. The highest BCUT2D eigenvalue weighted by Gasteiger charge is 2.17. The van der Waals surface area contributed by atoms with Gasteiger partial charge in [-0.3, -0.25) is 0 Å². The first-order valence-electron chi connectivity index (χ1n) is 5.10. The number of hydrogen-bond donors (Lipinski definition) is 2. The highest BCUT2D eigenvalue weighted by atomic mass is 35.5. The summed E-state index contributed by atoms with van der Waals surface area (Å²) < 4.78 is 5.30. The van der Waals surface area contributed by atoms with Gasteiger partial charge in [-0.25, -0.2) is 0 Å². The standard InChI is InChI=1S/C11H13ClN2OS/c12-7-1-2-10(9(5-7)11(13)16)14-8-3-4-15-6-8/h1-2,5,8,14H,3-4,6H2,(H2,13,16). The van der Waals surface area contributed by atoms with Crippen LogP contribution in [-0.2, 0) is 4.74 Å². The number of rotatable bonds is 3. The van der Waals surface area contributed by atoms with E-state index in [1.807, 2.05) is 12.1 Å². The largest absolute Gasteiger partial charge is 0.389 e. The van der Waals surface area contributed by atoms with E-state index in [9.17, 15) is 0 Å². The number of hydrogen-bond acceptors (Lipinski definition) is 3. The molecule has 0 aromatic heterocycles. The molecule has 3 nitrogen and oxygen atoms in total. The van der Waals surface area contributed by atoms with Crippen molar-refractivity contribution in [3.63, 3.8) is 0 Å². The Morgan fingerprint density at radius 3 is 3.00 bits per heavy atom. The zero-order chi connectivity index (χ0) is 11.5. The van der Waals surface area contributed by atoms with Gasteiger partial charge >= 0.3 is 0 Å². The molecule has 1 aromatic carbocycles. The molecule has 0 bridgehead atoms. The van der Waals surface area contributed by atoms with Crippen LogP contribution in [0, 0.1) is 0 Å². The van der Waals surface area contributed by atoms with Crippen LogP contribution in [0.1, 0.15) is 12.0 Å². The third-order valence-electron chi connectivity index (χ3n) is 2.54. The van der Waals surface area contributed by atoms with E-state index in [2.05, 4.69) is 5.32 Å². The van der Waals surface area contributed by atoms with Crippen LogP contribution in [0.5, 0.6) is 0 Å². The Bertz CT molecular complexity index is 405. The number of ether oxygens (including phenoxy) is 1. The van der Waals surface area contributed by atoms with Gasteiger partial charge in [0.05, 0.1) is 12.6 Å². The smallest absolute Gasteiger partial charge is 0.106 e. The third kappa shape index (κ3) is 2.64. The number of halogens is 1. The second-order valence-electron chi connectivity index (χ2n) is 3.76. The molecule has 1 atom stereocenters. The minimum absolute atomic E-state index is 0.328. The van der Waals surface area contributed by atoms with Gasteiger partial charge in [-0.1, -0.05) is 23.8 Å². The highest BCUT2D eigenvalue weighted by molar-refractivity contribution is 7.80. The van der Waals surface area contributed by atoms with Crippen LogP contribution in [0.2, 0.25) is 5.02 Å². The Balaban J connectivity index is 2.21. The van der Waals surface area contributed by atoms with Gasteiger partial charge < -0.3 is 15.8 Å². The van der Waals surface area contributed by atoms with Gasteiger partial charge in [-0.15, -0.1) is 0 Å². The molecule has 2 rings (SSSR count). The predicted molar refractivity (Wildman–Crippen MR) is 70.2 cm³/mol. The summed E-state index contributed by atoms with van der Waals surface area (Å²) in [5.41, 5.74) is 7.37. The van der Waals surface area contributed by atoms with E-state index in [4.69, 9.17) is 34.3 Å². The van der Waals surface area contributed by atoms with Crippen LogP contribution in [0.3, 0.4) is 0 Å². The summed E-state index contributed by atoms with van der Waals surface area (Å²) in [5, 5.41) is 4.00. The lowest BCUT2D eigenvalue weighted by Crippen LogP contribution is -2.22. The van der Waals surface area contributed by atoms with Crippen molar-refractivity contribution < 1.29 is 4.74 Å². The van der Waals surface area contributed by atoms with Crippen LogP contribution < -0.4 is 11.1 Å². The molecule has 1 unspecified atom stereocenters. The maximum Gasteiger partial charge on any atom is 0.106 e. The molecule has 16 heavy (non-hydrogen) atoms. The summed E-state index contributed by atoms with van der Waals surface area (Å²) in [5.74, 6) is 0. The topological polar surface area (TPSA) is 47.3 Å². The number of benzene rings is 1. The van der Waals surface area contributed by atoms with Crippen molar-refractivity contribution in [2.45, 2.75) is 12.5 Å². The fourth-order valence-corrected chi connectivity index (χ4v) is 2.06. The molecule has 86 valence electrons. The molecule has 1 heterocycles. The van der Waals surface area contributed by atoms with E-state index in [1.54, 1.807) is 6.07 Å². The van der Waals surface area contributed by atoms with Gasteiger partial charge in [0.2, 0.25) is 0 Å². The lowest BCUT2D eigenvalue weighted by molar-refractivity contribution is 0.195. The zero-order valence-electron chi connectivity index (χ0n) is 8.70. The minimum Gasteiger partial charge on any atom is -0.389 e. The molecule has 0 radical (unpaired) electrons. The van der Waals surface area contributed by atoms with Gasteiger partial charge in [0.15, 0.2) is 0 Å². The molecule has 0 amide bonds. The summed E-state index contributed by atoms with van der Waals surface area (Å²) in [7, 11) is 0. The number of nitrogens with two attached hydrogens (primary N) is 1. The lowest BCUT2D eigenvalue weighted by atomic mass is 10.1. The van der Waals surface area contributed by atoms with Gasteiger partial charge in [0.25, 0.3) is 0 Å². The number of nitrogens with one attached hydrogen (secondary N) is 1. The lowest BCUT2D eigenvalue weighted by Gasteiger charge is -2.15. The molecular formula is C11H13ClN2OS. The summed E-state index contributed by atoms with van der Waals surface area (Å²) in [4.78, 5) is 0.351. The van der Waals surface area contributed by atoms with Crippen molar-refractivity contribution >= 4 is 34.5 Å². The molecular weight excluding hydrogens is 244 g/mol. The molecule has 1 fully saturated rings. The quantitative estimate of drug-likeness (QED) is 0.814. The van der Waals surface area contributed by atoms with E-state index in [0.29, 0.717) is 16.1 Å². The third-order valence-corrected chi connectivity index (χ3v) is 2.99. The van der Waals surface area contributed by atoms with Crippen molar-refractivity contribution in [1.82, 2.24) is 0 Å². The monoisotopic (exact) mass is 256 g/mol. The normalized spacial score (nSPS) is 19.7. The predicted octanol–water partition coefficient (Wildman–Crippen LogP) is 2.17. The summed E-state index contributed by atoms with van der Waals surface area (Å²) in [6.07, 6.45) is 0.999. The second-order valence-corrected chi connectivity index (χ2v) is 4.64. The van der Waals surface area contributed by atoms with Crippen molar-refractivity contribution in [2.24, 2.45) is 5.73 Å². The van der Waals surface area contributed by atoms with Crippen LogP contribution in [-0.4, -0.2) is 24.2 Å². The van der Waals surface area contributed by atoms with Crippen molar-refractivity contribution in [2.75, 3.05) is 18.5 Å². The molecule has 1 saturated heterocycles. The van der Waals surface area contributed by atoms with Crippen molar-refractivity contribution in [1.29, 1.82) is 0 Å². The highest BCUT2D eigenvalue weighted by Crippen LogP contribution is 2.22. The second kappa shape index (κ2) is 4.99. The maximum absolute atomic E-state index is 5.91. The fraction of sp³-hybridized carbons (Fsp3) is 0.364. The van der Waals surface area contributed by atoms with Crippen LogP contribution in [0.25, 0.3) is 0 Å². The van der Waals surface area contributed by atoms with Crippen molar-refractivity contribution in [3.05, 3.63) is 28.8 Å². The average molecular weight is 257 g/mol. The van der Waals surface area contributed by atoms with Crippen LogP contribution in [0.4, 0.5) is 5.69 Å². The van der Waals surface area contributed by atoms with E-state index >= 15 is 0 Å². The Labute approximate surface area is 105 Å². The molecule has 3 N–H and O–H groups in total. The first kappa shape index (κ1) is 11.6. The number of thiocarbonyl (C=S) groups is 1. The van der Waals surface area contributed by atoms with Crippen molar-refractivity contribution in [3.8, 4) is 0 Å². The van der Waals surface area contributed by atoms with Gasteiger partial charge in [-0.2, -0.15) is 0 Å². The SMILES string of the molecule is NC(=S)c1cc(Cl)ccc1NC1CCOC1. The van der Waals surface area contributed by atoms with Crippen LogP contribution in [0.15, 0.2) is 18.2 Å². The minimum atomic E-state index is 0.328. The van der Waals surface area contributed by atoms with E-state index < -0.39 is 0 Å². The Hall–Kier alpha value is -0.840. The Morgan fingerprint density at radius 1 is 1.56 bits per heavy atom. The molecule has 1 aliphatic rings. The maximum atomic E-state index is 5.91. The van der Waals surface area contributed by atoms with Gasteiger partial charge in [-0.05, 0) is 24.6 Å². The molecule has 0 aliphatic carbocycles. The van der Waals surface area contributed by atoms with E-state index in [1.165, 1.54) is 0 Å². The zero-order valence-corrected chi connectivity index (χ0v) is 10.3. The van der Waals surface area contributed by atoms with E-state index in [-0.39, 0.29) is 0 Å². The molecule has 5 heteroatoms. The molecule has 1 aliphatic heterocycles. The van der Waals surface area contributed by atoms with Gasteiger partial charge in [0, 0.05) is 22.9 Å². The summed E-state index contributed by atoms with van der Waals surface area (Å²) in [6.45, 7) is 1.52. The van der Waals surface area contributed by atoms with Gasteiger partial charge in [0.1, 0.15) is 4.99 Å². The van der Waals surface area contributed by atoms with Crippen LogP contribution >= 0.6 is 23.8 Å². The molecule has 1 aromatic rings. The molecule has 0 saturated carbocycles. The Morgan fingerprint density at radius 2 is 2.38 bits per heavy atom. The summed E-state index contributed by atoms with van der Waals surface area (Å²) in [6, 6.07) is 5.83. The fourth-order valence-electron chi connectivity index (χ4n) is 1.71. The first-order chi connectivity index (χ1) is 7.66. The summed E-state index contributed by atoms with van der Waals surface area (Å²) >= 11 is 10.9. The van der Waals surface area contributed by atoms with E-state index in [0.717, 1.165) is 30.9 Å². The Kier molecular flexibility index (Phi) is 3.63. The number of anilines is 1. The average Bonchev–Trinajstić information content (AvgIpc) is 2.73.